The average Bonchev–Trinajstić information content (AvgIpc) is 2.84. The number of hydrogen-bond acceptors (Lipinski definition) is 5. The van der Waals surface area contributed by atoms with Crippen LogP contribution in [-0.2, 0) is 4.79 Å². The predicted molar refractivity (Wildman–Crippen MR) is 127 cm³/mol. The van der Waals surface area contributed by atoms with Gasteiger partial charge in [0.15, 0.2) is 6.10 Å². The topological polar surface area (TPSA) is 93.2 Å². The van der Waals surface area contributed by atoms with Gasteiger partial charge < -0.3 is 4.74 Å². The number of hydrazine groups is 1. The number of nitrogens with zero attached hydrogens (tertiary/aromatic N) is 2. The van der Waals surface area contributed by atoms with E-state index in [0.29, 0.717) is 27.9 Å². The predicted octanol–water partition coefficient (Wildman–Crippen LogP) is 4.14. The Balaban J connectivity index is 1.51. The highest BCUT2D eigenvalue weighted by molar-refractivity contribution is 6.07. The van der Waals surface area contributed by atoms with E-state index in [1.54, 1.807) is 25.4 Å². The van der Waals surface area contributed by atoms with Crippen molar-refractivity contribution in [2.75, 3.05) is 0 Å². The van der Waals surface area contributed by atoms with Gasteiger partial charge in [0, 0.05) is 23.3 Å². The van der Waals surface area contributed by atoms with E-state index in [2.05, 4.69) is 20.8 Å². The number of pyridine rings is 2. The van der Waals surface area contributed by atoms with Crippen LogP contribution >= 0.6 is 0 Å². The molecule has 0 saturated heterocycles. The van der Waals surface area contributed by atoms with Crippen molar-refractivity contribution in [3.63, 3.8) is 0 Å². The second-order valence-electron chi connectivity index (χ2n) is 7.71. The van der Waals surface area contributed by atoms with E-state index in [1.807, 2.05) is 68.4 Å². The van der Waals surface area contributed by atoms with E-state index in [1.165, 1.54) is 0 Å². The molecule has 0 aliphatic heterocycles. The zero-order chi connectivity index (χ0) is 23.4. The Bertz CT molecular complexity index is 1320. The van der Waals surface area contributed by atoms with Gasteiger partial charge in [-0.05, 0) is 62.2 Å². The molecule has 7 heteroatoms. The Morgan fingerprint density at radius 2 is 1.70 bits per heavy atom. The highest BCUT2D eigenvalue weighted by Gasteiger charge is 2.19. The van der Waals surface area contributed by atoms with Crippen LogP contribution in [0.5, 0.6) is 5.75 Å². The maximum Gasteiger partial charge on any atom is 0.279 e. The number of fused-ring (bicyclic) bond motifs is 1. The minimum atomic E-state index is -0.799. The minimum absolute atomic E-state index is 0.399. The molecule has 166 valence electrons. The van der Waals surface area contributed by atoms with Crippen LogP contribution in [0.3, 0.4) is 0 Å². The van der Waals surface area contributed by atoms with E-state index < -0.39 is 17.9 Å². The van der Waals surface area contributed by atoms with Crippen molar-refractivity contribution < 1.29 is 14.3 Å². The number of nitrogens with one attached hydrogen (secondary N) is 2. The van der Waals surface area contributed by atoms with E-state index >= 15 is 0 Å². The summed E-state index contributed by atoms with van der Waals surface area (Å²) in [5.74, 6) is -0.278. The summed E-state index contributed by atoms with van der Waals surface area (Å²) in [5, 5.41) is 0.682. The fourth-order valence-corrected chi connectivity index (χ4v) is 3.42. The van der Waals surface area contributed by atoms with Gasteiger partial charge in [-0.2, -0.15) is 0 Å². The standard InChI is InChI=1S/C26H24N4O3/c1-16-7-6-10-24(17(16)2)33-18(3)25(31)29-30-26(32)21-15-23(19-11-13-27-14-12-19)28-22-9-5-4-8-20(21)22/h4-15,18H,1-3H3,(H,29,31)(H,30,32). The van der Waals surface area contributed by atoms with Gasteiger partial charge >= 0.3 is 0 Å². The first kappa shape index (κ1) is 22.0. The Morgan fingerprint density at radius 3 is 2.48 bits per heavy atom. The third-order valence-electron chi connectivity index (χ3n) is 5.46. The number of hydrogen-bond donors (Lipinski definition) is 2. The molecule has 0 spiro atoms. The Hall–Kier alpha value is -4.26. The number of aromatic nitrogens is 2. The molecule has 0 bridgehead atoms. The third-order valence-corrected chi connectivity index (χ3v) is 5.46. The lowest BCUT2D eigenvalue weighted by molar-refractivity contribution is -0.128. The maximum atomic E-state index is 13.0. The van der Waals surface area contributed by atoms with Crippen LogP contribution in [0.25, 0.3) is 22.2 Å². The van der Waals surface area contributed by atoms with Crippen LogP contribution in [-0.4, -0.2) is 27.9 Å². The quantitative estimate of drug-likeness (QED) is 0.455. The summed E-state index contributed by atoms with van der Waals surface area (Å²) in [5.41, 5.74) is 9.56. The lowest BCUT2D eigenvalue weighted by Crippen LogP contribution is -2.47. The number of aryl methyl sites for hydroxylation is 1. The van der Waals surface area contributed by atoms with Crippen LogP contribution in [0.1, 0.15) is 28.4 Å². The summed E-state index contributed by atoms with van der Waals surface area (Å²) >= 11 is 0. The molecule has 0 aliphatic carbocycles. The summed E-state index contributed by atoms with van der Waals surface area (Å²) < 4.78 is 5.79. The van der Waals surface area contributed by atoms with Crippen molar-refractivity contribution in [1.29, 1.82) is 0 Å². The fraction of sp³-hybridized carbons (Fsp3) is 0.154. The second kappa shape index (κ2) is 9.48. The van der Waals surface area contributed by atoms with Crippen molar-refractivity contribution in [3.8, 4) is 17.0 Å². The highest BCUT2D eigenvalue weighted by atomic mass is 16.5. The van der Waals surface area contributed by atoms with Crippen LogP contribution in [0.4, 0.5) is 0 Å². The first-order valence-electron chi connectivity index (χ1n) is 10.6. The van der Waals surface area contributed by atoms with Crippen molar-refractivity contribution in [2.24, 2.45) is 0 Å². The summed E-state index contributed by atoms with van der Waals surface area (Å²) in [6, 6.07) is 18.4. The number of carbonyl (C=O) groups is 2. The first-order chi connectivity index (χ1) is 15.9. The lowest BCUT2D eigenvalue weighted by atomic mass is 10.0. The average molecular weight is 441 g/mol. The number of carbonyl (C=O) groups excluding carboxylic acids is 2. The normalized spacial score (nSPS) is 11.6. The van der Waals surface area contributed by atoms with E-state index in [-0.39, 0.29) is 0 Å². The molecule has 4 aromatic rings. The molecule has 7 nitrogen and oxygen atoms in total. The second-order valence-corrected chi connectivity index (χ2v) is 7.71. The summed E-state index contributed by atoms with van der Waals surface area (Å²) in [4.78, 5) is 34.3. The summed E-state index contributed by atoms with van der Waals surface area (Å²) in [7, 11) is 0. The highest BCUT2D eigenvalue weighted by Crippen LogP contribution is 2.25. The number of para-hydroxylation sites is 1. The van der Waals surface area contributed by atoms with Gasteiger partial charge in [-0.3, -0.25) is 25.4 Å². The van der Waals surface area contributed by atoms with Gasteiger partial charge in [0.05, 0.1) is 16.8 Å². The zero-order valence-electron chi connectivity index (χ0n) is 18.6. The van der Waals surface area contributed by atoms with Gasteiger partial charge in [0.1, 0.15) is 5.75 Å². The van der Waals surface area contributed by atoms with Crippen molar-refractivity contribution in [2.45, 2.75) is 26.9 Å². The molecule has 2 heterocycles. The first-order valence-corrected chi connectivity index (χ1v) is 10.6. The number of rotatable bonds is 5. The molecule has 2 aromatic heterocycles. The minimum Gasteiger partial charge on any atom is -0.481 e. The van der Waals surface area contributed by atoms with Gasteiger partial charge in [0.2, 0.25) is 0 Å². The molecule has 2 N–H and O–H groups in total. The SMILES string of the molecule is Cc1cccc(OC(C)C(=O)NNC(=O)c2cc(-c3ccncc3)nc3ccccc23)c1C. The van der Waals surface area contributed by atoms with Crippen molar-refractivity contribution >= 4 is 22.7 Å². The number of amides is 2. The molecule has 1 unspecified atom stereocenters. The number of benzene rings is 2. The van der Waals surface area contributed by atoms with Crippen LogP contribution in [0, 0.1) is 13.8 Å². The van der Waals surface area contributed by atoms with Gasteiger partial charge in [-0.15, -0.1) is 0 Å². The molecular weight excluding hydrogens is 416 g/mol. The molecule has 0 radical (unpaired) electrons. The van der Waals surface area contributed by atoms with Gasteiger partial charge in [-0.25, -0.2) is 4.98 Å². The smallest absolute Gasteiger partial charge is 0.279 e. The summed E-state index contributed by atoms with van der Waals surface area (Å²) in [6.07, 6.45) is 2.54. The van der Waals surface area contributed by atoms with E-state index in [9.17, 15) is 9.59 Å². The molecule has 0 aliphatic rings. The van der Waals surface area contributed by atoms with Crippen LogP contribution in [0.2, 0.25) is 0 Å². The van der Waals surface area contributed by atoms with Crippen molar-refractivity contribution in [1.82, 2.24) is 20.8 Å². The molecule has 4 rings (SSSR count). The van der Waals surface area contributed by atoms with E-state index in [0.717, 1.165) is 16.7 Å². The van der Waals surface area contributed by atoms with Crippen LogP contribution in [0.15, 0.2) is 73.1 Å². The Labute approximate surface area is 191 Å². The molecular formula is C26H24N4O3. The maximum absolute atomic E-state index is 13.0. The van der Waals surface area contributed by atoms with E-state index in [4.69, 9.17) is 4.74 Å². The van der Waals surface area contributed by atoms with Crippen LogP contribution < -0.4 is 15.6 Å². The zero-order valence-corrected chi connectivity index (χ0v) is 18.6. The Morgan fingerprint density at radius 1 is 0.939 bits per heavy atom. The fourth-order valence-electron chi connectivity index (χ4n) is 3.42. The molecule has 0 saturated carbocycles. The third kappa shape index (κ3) is 4.82. The van der Waals surface area contributed by atoms with Gasteiger partial charge in [0.25, 0.3) is 11.8 Å². The molecule has 2 aromatic carbocycles. The lowest BCUT2D eigenvalue weighted by Gasteiger charge is -2.17. The molecule has 0 fully saturated rings. The largest absolute Gasteiger partial charge is 0.481 e. The van der Waals surface area contributed by atoms with Gasteiger partial charge in [-0.1, -0.05) is 30.3 Å². The molecule has 33 heavy (non-hydrogen) atoms. The van der Waals surface area contributed by atoms with Crippen molar-refractivity contribution in [3.05, 3.63) is 89.7 Å². The summed E-state index contributed by atoms with van der Waals surface area (Å²) in [6.45, 7) is 5.55. The monoisotopic (exact) mass is 440 g/mol. The molecule has 1 atom stereocenters. The Kier molecular flexibility index (Phi) is 6.31. The molecule has 2 amide bonds. The number of ether oxygens (including phenoxy) is 1.